The lowest BCUT2D eigenvalue weighted by Crippen LogP contribution is -2.41. The molecule has 10 heteroatoms. The van der Waals surface area contributed by atoms with Gasteiger partial charge in [0.05, 0.1) is 47.2 Å². The van der Waals surface area contributed by atoms with E-state index in [4.69, 9.17) is 28.2 Å². The van der Waals surface area contributed by atoms with E-state index in [9.17, 15) is 0 Å². The van der Waals surface area contributed by atoms with Gasteiger partial charge in [-0.1, -0.05) is 33.9 Å². The normalized spacial score (nSPS) is 17.7. The lowest BCUT2D eigenvalue weighted by atomic mass is 9.78. The van der Waals surface area contributed by atoms with Gasteiger partial charge < -0.3 is 23.2 Å². The summed E-state index contributed by atoms with van der Waals surface area (Å²) in [6.45, 7) is 28.5. The first-order chi connectivity index (χ1) is 17.5. The Morgan fingerprint density at radius 3 is 2.34 bits per heavy atom. The highest BCUT2D eigenvalue weighted by molar-refractivity contribution is 6.74. The summed E-state index contributed by atoms with van der Waals surface area (Å²) in [4.78, 5) is 4.73. The van der Waals surface area contributed by atoms with Crippen LogP contribution in [0.15, 0.2) is 48.3 Å². The fourth-order valence-corrected chi connectivity index (χ4v) is 4.58. The number of allylic oxidation sites excluding steroid dienone is 1. The summed E-state index contributed by atoms with van der Waals surface area (Å²) in [5, 5.41) is 5.56. The first kappa shape index (κ1) is 30.3. The highest BCUT2D eigenvalue weighted by Gasteiger charge is 2.52. The molecule has 1 fully saturated rings. The molecule has 2 aromatic rings. The molecule has 0 unspecified atom stereocenters. The molecule has 1 aliphatic heterocycles. The predicted molar refractivity (Wildman–Crippen MR) is 158 cm³/mol. The van der Waals surface area contributed by atoms with Crippen molar-refractivity contribution in [2.45, 2.75) is 77.8 Å². The molecule has 0 bridgehead atoms. The maximum absolute atomic E-state index is 6.33. The van der Waals surface area contributed by atoms with E-state index in [0.29, 0.717) is 37.1 Å². The molecule has 3 rings (SSSR count). The third-order valence-electron chi connectivity index (χ3n) is 7.82. The number of methoxy groups -OCH3 is 1. The first-order valence-electron chi connectivity index (χ1n) is 13.1. The highest BCUT2D eigenvalue weighted by atomic mass is 28.4. The van der Waals surface area contributed by atoms with Crippen LogP contribution in [0.1, 0.15) is 48.5 Å². The number of hydrogen-bond acceptors (Lipinski definition) is 7. The van der Waals surface area contributed by atoms with Crippen LogP contribution in [0, 0.1) is 0 Å². The number of hydrogen-bond donors (Lipinski definition) is 0. The first-order valence-corrected chi connectivity index (χ1v) is 16.0. The second kappa shape index (κ2) is 11.1. The van der Waals surface area contributed by atoms with E-state index in [2.05, 4.69) is 52.1 Å². The minimum absolute atomic E-state index is 0.0968. The molecule has 0 radical (unpaired) electrons. The average Bonchev–Trinajstić information content (AvgIpc) is 3.32. The molecule has 0 atom stereocenters. The standard InChI is InChI=1S/C28H44BN3O5Si/c1-13-25(31-20(2)19-35-38(11,12)26(3,4)5)32-23-16-21(29-36-27(6,7)28(8,9)37-29)17-24(22(23)18-30-32)34-15-14-33-10/h13,16-18H,1-2,14-15,19H2,3-12H3. The van der Waals surface area contributed by atoms with Gasteiger partial charge in [0, 0.05) is 7.11 Å². The van der Waals surface area contributed by atoms with E-state index in [1.807, 2.05) is 39.8 Å². The fourth-order valence-electron chi connectivity index (χ4n) is 3.62. The van der Waals surface area contributed by atoms with Crippen molar-refractivity contribution in [3.8, 4) is 5.75 Å². The molecule has 0 N–H and O–H groups in total. The van der Waals surface area contributed by atoms with Gasteiger partial charge in [0.15, 0.2) is 14.2 Å². The molecule has 1 aliphatic rings. The smallest absolute Gasteiger partial charge is 0.490 e. The van der Waals surface area contributed by atoms with Gasteiger partial charge in [0.1, 0.15) is 12.4 Å². The van der Waals surface area contributed by atoms with Crippen LogP contribution in [0.5, 0.6) is 5.75 Å². The summed E-state index contributed by atoms with van der Waals surface area (Å²) in [6.07, 6.45) is 3.43. The van der Waals surface area contributed by atoms with Gasteiger partial charge in [0.25, 0.3) is 0 Å². The zero-order valence-electron chi connectivity index (χ0n) is 24.8. The van der Waals surface area contributed by atoms with Gasteiger partial charge in [-0.25, -0.2) is 9.67 Å². The van der Waals surface area contributed by atoms with Gasteiger partial charge in [-0.3, -0.25) is 0 Å². The van der Waals surface area contributed by atoms with Crippen molar-refractivity contribution < 1.29 is 23.2 Å². The Morgan fingerprint density at radius 1 is 1.16 bits per heavy atom. The van der Waals surface area contributed by atoms with E-state index in [1.54, 1.807) is 24.1 Å². The number of aliphatic imine (C=N–C) groups is 1. The average molecular weight is 542 g/mol. The van der Waals surface area contributed by atoms with E-state index in [-0.39, 0.29) is 5.04 Å². The number of ether oxygens (including phenoxy) is 2. The fraction of sp³-hybridized carbons (Fsp3) is 0.571. The molecule has 208 valence electrons. The molecular weight excluding hydrogens is 497 g/mol. The van der Waals surface area contributed by atoms with E-state index >= 15 is 0 Å². The van der Waals surface area contributed by atoms with Gasteiger partial charge in [0.2, 0.25) is 0 Å². The predicted octanol–water partition coefficient (Wildman–Crippen LogP) is 5.33. The Kier molecular flexibility index (Phi) is 8.85. The van der Waals surface area contributed by atoms with Crippen molar-refractivity contribution in [2.75, 3.05) is 26.9 Å². The van der Waals surface area contributed by atoms with Crippen molar-refractivity contribution in [2.24, 2.45) is 4.99 Å². The number of fused-ring (bicyclic) bond motifs is 1. The van der Waals surface area contributed by atoms with Crippen LogP contribution in [0.25, 0.3) is 10.9 Å². The Bertz CT molecular complexity index is 1200. The van der Waals surface area contributed by atoms with E-state index < -0.39 is 26.6 Å². The topological polar surface area (TPSA) is 76.3 Å². The van der Waals surface area contributed by atoms with Crippen molar-refractivity contribution in [3.05, 3.63) is 43.3 Å². The third-order valence-corrected chi connectivity index (χ3v) is 12.3. The minimum atomic E-state index is -1.94. The highest BCUT2D eigenvalue weighted by Crippen LogP contribution is 2.38. The Morgan fingerprint density at radius 2 is 1.79 bits per heavy atom. The molecule has 0 aliphatic carbocycles. The summed E-state index contributed by atoms with van der Waals surface area (Å²) < 4.78 is 32.0. The number of nitrogens with zero attached hydrogens (tertiary/aromatic N) is 3. The molecule has 1 saturated heterocycles. The number of aromatic nitrogens is 2. The second-order valence-electron chi connectivity index (χ2n) is 12.2. The van der Waals surface area contributed by atoms with Crippen LogP contribution in [0.3, 0.4) is 0 Å². The summed E-state index contributed by atoms with van der Waals surface area (Å²) in [5.74, 6) is 1.21. The van der Waals surface area contributed by atoms with Gasteiger partial charge >= 0.3 is 7.12 Å². The Balaban J connectivity index is 2.00. The molecule has 2 heterocycles. The molecule has 0 spiro atoms. The van der Waals surface area contributed by atoms with Crippen molar-refractivity contribution in [3.63, 3.8) is 0 Å². The van der Waals surface area contributed by atoms with Crippen molar-refractivity contribution in [1.29, 1.82) is 0 Å². The van der Waals surface area contributed by atoms with Gasteiger partial charge in [-0.05, 0) is 69.5 Å². The lowest BCUT2D eigenvalue weighted by molar-refractivity contribution is 0.00578. The summed E-state index contributed by atoms with van der Waals surface area (Å²) >= 11 is 0. The van der Waals surface area contributed by atoms with E-state index in [1.165, 1.54) is 0 Å². The maximum atomic E-state index is 6.33. The minimum Gasteiger partial charge on any atom is -0.490 e. The zero-order valence-corrected chi connectivity index (χ0v) is 25.8. The lowest BCUT2D eigenvalue weighted by Gasteiger charge is -2.36. The second-order valence-corrected chi connectivity index (χ2v) is 17.0. The molecule has 38 heavy (non-hydrogen) atoms. The summed E-state index contributed by atoms with van der Waals surface area (Å²) in [6, 6.07) is 3.95. The van der Waals surface area contributed by atoms with Crippen LogP contribution in [0.4, 0.5) is 0 Å². The maximum Gasteiger partial charge on any atom is 0.495 e. The Hall–Kier alpha value is -2.24. The van der Waals surface area contributed by atoms with Crippen LogP contribution in [-0.2, 0) is 18.5 Å². The van der Waals surface area contributed by atoms with Gasteiger partial charge in [-0.2, -0.15) is 5.10 Å². The largest absolute Gasteiger partial charge is 0.495 e. The Labute approximate surface area is 229 Å². The zero-order chi connectivity index (χ0) is 28.5. The summed E-state index contributed by atoms with van der Waals surface area (Å²) in [5.41, 5.74) is 1.28. The number of benzene rings is 1. The number of rotatable bonds is 10. The van der Waals surface area contributed by atoms with Crippen molar-refractivity contribution in [1.82, 2.24) is 9.78 Å². The van der Waals surface area contributed by atoms with Crippen LogP contribution >= 0.6 is 0 Å². The molecule has 8 nitrogen and oxygen atoms in total. The molecule has 1 aromatic carbocycles. The van der Waals surface area contributed by atoms with Crippen LogP contribution in [-0.4, -0.2) is 69.2 Å². The summed E-state index contributed by atoms with van der Waals surface area (Å²) in [7, 11) is -0.857. The van der Waals surface area contributed by atoms with Crippen molar-refractivity contribution >= 4 is 37.6 Å². The SMILES string of the molecule is C=CC(=NC(=C)CO[Si](C)(C)C(C)(C)C)n1ncc2c(OCCOC)cc(B3OC(C)(C)C(C)(C)O3)cc21. The van der Waals surface area contributed by atoms with E-state index in [0.717, 1.165) is 16.4 Å². The quantitative estimate of drug-likeness (QED) is 0.175. The van der Waals surface area contributed by atoms with Crippen LogP contribution in [0.2, 0.25) is 18.1 Å². The van der Waals surface area contributed by atoms with Gasteiger partial charge in [-0.15, -0.1) is 0 Å². The molecular formula is C28H44BN3O5Si. The molecule has 1 aromatic heterocycles. The molecule has 0 saturated carbocycles. The third kappa shape index (κ3) is 6.31. The van der Waals surface area contributed by atoms with Crippen LogP contribution < -0.4 is 10.2 Å². The monoisotopic (exact) mass is 541 g/mol. The molecule has 0 amide bonds.